The Morgan fingerprint density at radius 3 is 2.69 bits per heavy atom. The second kappa shape index (κ2) is 3.41. The topological polar surface area (TPSA) is 43.6 Å². The van der Waals surface area contributed by atoms with Crippen molar-refractivity contribution in [3.05, 3.63) is 48.3 Å². The van der Waals surface area contributed by atoms with Gasteiger partial charge in [-0.2, -0.15) is 0 Å². The molecule has 0 saturated carbocycles. The molecule has 0 radical (unpaired) electrons. The molecule has 0 spiro atoms. The first-order valence-electron chi connectivity index (χ1n) is 5.09. The second-order valence-electron chi connectivity index (χ2n) is 3.60. The van der Waals surface area contributed by atoms with Crippen LogP contribution in [0, 0.1) is 6.92 Å². The van der Waals surface area contributed by atoms with Crippen LogP contribution in [0.4, 0.5) is 0 Å². The third-order valence-corrected chi connectivity index (χ3v) is 2.55. The maximum atomic E-state index is 4.20. The Kier molecular flexibility index (Phi) is 1.93. The first-order valence-corrected chi connectivity index (χ1v) is 5.09. The third-order valence-electron chi connectivity index (χ3n) is 2.55. The molecule has 3 rings (SSSR count). The Labute approximate surface area is 92.6 Å². The van der Waals surface area contributed by atoms with E-state index >= 15 is 0 Å². The first kappa shape index (κ1) is 9.03. The predicted octanol–water partition coefficient (Wildman–Crippen LogP) is 2.12. The fourth-order valence-corrected chi connectivity index (χ4v) is 1.74. The Morgan fingerprint density at radius 2 is 1.88 bits per heavy atom. The van der Waals surface area contributed by atoms with Crippen LogP contribution < -0.4 is 0 Å². The lowest BCUT2D eigenvalue weighted by Crippen LogP contribution is -1.95. The number of fused-ring (bicyclic) bond motifs is 1. The van der Waals surface area contributed by atoms with Gasteiger partial charge in [0.2, 0.25) is 0 Å². The third kappa shape index (κ3) is 1.27. The summed E-state index contributed by atoms with van der Waals surface area (Å²) in [4.78, 5) is 4.20. The van der Waals surface area contributed by atoms with Gasteiger partial charge in [0.15, 0.2) is 0 Å². The van der Waals surface area contributed by atoms with Gasteiger partial charge >= 0.3 is 0 Å². The monoisotopic (exact) mass is 210 g/mol. The predicted molar refractivity (Wildman–Crippen MR) is 61.4 cm³/mol. The highest BCUT2D eigenvalue weighted by molar-refractivity contribution is 5.77. The van der Waals surface area contributed by atoms with Crippen molar-refractivity contribution in [1.29, 1.82) is 0 Å². The minimum atomic E-state index is 0.853. The quantitative estimate of drug-likeness (QED) is 0.618. The van der Waals surface area contributed by atoms with Crippen LogP contribution in [0.25, 0.3) is 16.7 Å². The van der Waals surface area contributed by atoms with E-state index in [1.807, 2.05) is 48.0 Å². The van der Waals surface area contributed by atoms with E-state index in [-0.39, 0.29) is 0 Å². The zero-order valence-corrected chi connectivity index (χ0v) is 8.83. The summed E-state index contributed by atoms with van der Waals surface area (Å²) in [6.07, 6.45) is 1.78. The largest absolute Gasteiger partial charge is 0.259 e. The van der Waals surface area contributed by atoms with Crippen LogP contribution in [-0.2, 0) is 0 Å². The molecule has 0 amide bonds. The molecule has 0 aliphatic rings. The molecule has 2 heterocycles. The van der Waals surface area contributed by atoms with Crippen LogP contribution in [0.15, 0.2) is 42.6 Å². The molecule has 0 saturated heterocycles. The summed E-state index contributed by atoms with van der Waals surface area (Å²) in [5, 5.41) is 8.30. The van der Waals surface area contributed by atoms with Gasteiger partial charge in [-0.05, 0) is 25.1 Å². The molecule has 4 heteroatoms. The summed E-state index contributed by atoms with van der Waals surface area (Å²) >= 11 is 0. The summed E-state index contributed by atoms with van der Waals surface area (Å²) in [7, 11) is 0. The highest BCUT2D eigenvalue weighted by Gasteiger charge is 2.07. The summed E-state index contributed by atoms with van der Waals surface area (Å²) in [6, 6.07) is 11.9. The number of pyridine rings is 1. The Morgan fingerprint density at radius 1 is 1.06 bits per heavy atom. The molecule has 4 nitrogen and oxygen atoms in total. The number of nitrogens with zero attached hydrogens (tertiary/aromatic N) is 4. The van der Waals surface area contributed by atoms with Crippen molar-refractivity contribution in [2.75, 3.05) is 0 Å². The average molecular weight is 210 g/mol. The van der Waals surface area contributed by atoms with E-state index < -0.39 is 0 Å². The first-order chi connectivity index (χ1) is 7.86. The van der Waals surface area contributed by atoms with E-state index in [2.05, 4.69) is 15.3 Å². The maximum absolute atomic E-state index is 4.20. The minimum Gasteiger partial charge on any atom is -0.259 e. The van der Waals surface area contributed by atoms with Crippen molar-refractivity contribution < 1.29 is 0 Å². The molecular weight excluding hydrogens is 200 g/mol. The average Bonchev–Trinajstić information content (AvgIpc) is 2.75. The molecule has 0 aliphatic heterocycles. The summed E-state index contributed by atoms with van der Waals surface area (Å²) in [6.45, 7) is 1.94. The highest BCUT2D eigenvalue weighted by Crippen LogP contribution is 2.16. The molecule has 0 atom stereocenters. The molecular formula is C12H10N4. The minimum absolute atomic E-state index is 0.853. The van der Waals surface area contributed by atoms with Crippen LogP contribution in [0.3, 0.4) is 0 Å². The van der Waals surface area contributed by atoms with Gasteiger partial charge in [-0.15, -0.1) is 5.10 Å². The molecule has 0 fully saturated rings. The van der Waals surface area contributed by atoms with Crippen LogP contribution in [0.5, 0.6) is 0 Å². The number of aryl methyl sites for hydroxylation is 1. The summed E-state index contributed by atoms with van der Waals surface area (Å²) in [5.41, 5.74) is 3.75. The lowest BCUT2D eigenvalue weighted by Gasteiger charge is -2.00. The van der Waals surface area contributed by atoms with Gasteiger partial charge in [0.1, 0.15) is 5.52 Å². The number of rotatable bonds is 1. The van der Waals surface area contributed by atoms with Crippen molar-refractivity contribution in [3.63, 3.8) is 0 Å². The summed E-state index contributed by atoms with van der Waals surface area (Å²) in [5.74, 6) is 0. The Bertz CT molecular complexity index is 628. The van der Waals surface area contributed by atoms with E-state index in [0.29, 0.717) is 0 Å². The molecule has 78 valence electrons. The normalized spacial score (nSPS) is 10.8. The molecule has 0 bridgehead atoms. The zero-order valence-electron chi connectivity index (χ0n) is 8.83. The zero-order chi connectivity index (χ0) is 11.0. The number of aromatic nitrogens is 4. The van der Waals surface area contributed by atoms with E-state index in [0.717, 1.165) is 22.4 Å². The molecule has 0 unspecified atom stereocenters. The number of hydrogen-bond acceptors (Lipinski definition) is 3. The van der Waals surface area contributed by atoms with Gasteiger partial charge in [-0.1, -0.05) is 23.4 Å². The van der Waals surface area contributed by atoms with E-state index in [1.54, 1.807) is 6.20 Å². The van der Waals surface area contributed by atoms with Crippen LogP contribution >= 0.6 is 0 Å². The van der Waals surface area contributed by atoms with Crippen molar-refractivity contribution in [2.24, 2.45) is 0 Å². The fraction of sp³-hybridized carbons (Fsp3) is 0.0833. The highest BCUT2D eigenvalue weighted by atomic mass is 15.4. The standard InChI is InChI=1S/C12H10N4/c1-9-12-11(7-8-13-9)16(15-14-12)10-5-3-2-4-6-10/h2-8H,1H3. The number of benzene rings is 1. The van der Waals surface area contributed by atoms with Gasteiger partial charge < -0.3 is 0 Å². The van der Waals surface area contributed by atoms with Crippen LogP contribution in [0.1, 0.15) is 5.69 Å². The van der Waals surface area contributed by atoms with E-state index in [9.17, 15) is 0 Å². The van der Waals surface area contributed by atoms with Gasteiger partial charge in [0.25, 0.3) is 0 Å². The Balaban J connectivity index is 2.30. The summed E-state index contributed by atoms with van der Waals surface area (Å²) < 4.78 is 1.82. The van der Waals surface area contributed by atoms with Crippen molar-refractivity contribution in [1.82, 2.24) is 20.0 Å². The van der Waals surface area contributed by atoms with E-state index in [4.69, 9.17) is 0 Å². The number of hydrogen-bond donors (Lipinski definition) is 0. The smallest absolute Gasteiger partial charge is 0.134 e. The van der Waals surface area contributed by atoms with Gasteiger partial charge in [0.05, 0.1) is 16.9 Å². The molecule has 0 aliphatic carbocycles. The molecule has 0 N–H and O–H groups in total. The van der Waals surface area contributed by atoms with Crippen LogP contribution in [-0.4, -0.2) is 20.0 Å². The number of para-hydroxylation sites is 1. The van der Waals surface area contributed by atoms with Gasteiger partial charge in [-0.25, -0.2) is 4.68 Å². The fourth-order valence-electron chi connectivity index (χ4n) is 1.74. The maximum Gasteiger partial charge on any atom is 0.134 e. The SMILES string of the molecule is Cc1nccc2c1nnn2-c1ccccc1. The van der Waals surface area contributed by atoms with Gasteiger partial charge in [-0.3, -0.25) is 4.98 Å². The van der Waals surface area contributed by atoms with Crippen molar-refractivity contribution in [3.8, 4) is 5.69 Å². The lowest BCUT2D eigenvalue weighted by atomic mass is 10.3. The molecule has 3 aromatic rings. The molecule has 16 heavy (non-hydrogen) atoms. The van der Waals surface area contributed by atoms with Crippen molar-refractivity contribution >= 4 is 11.0 Å². The Hall–Kier alpha value is -2.23. The van der Waals surface area contributed by atoms with Crippen LogP contribution in [0.2, 0.25) is 0 Å². The van der Waals surface area contributed by atoms with Gasteiger partial charge in [0, 0.05) is 6.20 Å². The lowest BCUT2D eigenvalue weighted by molar-refractivity contribution is 0.824. The van der Waals surface area contributed by atoms with E-state index in [1.165, 1.54) is 0 Å². The second-order valence-corrected chi connectivity index (χ2v) is 3.60. The van der Waals surface area contributed by atoms with Crippen molar-refractivity contribution in [2.45, 2.75) is 6.92 Å². The molecule has 1 aromatic carbocycles. The molecule has 2 aromatic heterocycles.